The minimum Gasteiger partial charge on any atom is -0.387 e. The van der Waals surface area contributed by atoms with Crippen molar-refractivity contribution in [2.75, 3.05) is 0 Å². The lowest BCUT2D eigenvalue weighted by Crippen LogP contribution is -2.00. The molecule has 2 rings (SSSR count). The number of nitro benzene ring substituents is 1. The first-order valence-corrected chi connectivity index (χ1v) is 5.57. The number of aliphatic hydroxyl groups excluding tert-OH is 1. The smallest absolute Gasteiger partial charge is 0.271 e. The van der Waals surface area contributed by atoms with E-state index in [4.69, 9.17) is 0 Å². The van der Waals surface area contributed by atoms with Gasteiger partial charge >= 0.3 is 0 Å². The zero-order chi connectivity index (χ0) is 14.0. The Bertz CT molecular complexity index is 614. The molecule has 0 aliphatic rings. The van der Waals surface area contributed by atoms with Gasteiger partial charge in [-0.05, 0) is 12.5 Å². The van der Waals surface area contributed by atoms with Gasteiger partial charge in [-0.1, -0.05) is 12.1 Å². The first kappa shape index (κ1) is 13.1. The molecule has 0 amide bonds. The Morgan fingerprint density at radius 1 is 1.58 bits per heavy atom. The fraction of sp³-hybridized carbons (Fsp3) is 0.273. The second-order valence-electron chi connectivity index (χ2n) is 3.90. The Morgan fingerprint density at radius 3 is 2.95 bits per heavy atom. The van der Waals surface area contributed by atoms with E-state index in [2.05, 4.69) is 10.3 Å². The second-order valence-corrected chi connectivity index (χ2v) is 3.90. The maximum Gasteiger partial charge on any atom is 0.271 e. The number of non-ortho nitro benzene ring substituents is 1. The fourth-order valence-electron chi connectivity index (χ4n) is 1.55. The van der Waals surface area contributed by atoms with Crippen molar-refractivity contribution < 1.29 is 14.4 Å². The van der Waals surface area contributed by atoms with Crippen LogP contribution in [0, 0.1) is 15.9 Å². The van der Waals surface area contributed by atoms with E-state index < -0.39 is 16.8 Å². The van der Waals surface area contributed by atoms with Crippen LogP contribution in [0.25, 0.3) is 5.69 Å². The molecule has 0 aliphatic heterocycles. The molecule has 0 aliphatic carbocycles. The molecule has 1 N–H and O–H groups in total. The van der Waals surface area contributed by atoms with Crippen LogP contribution in [0.4, 0.5) is 10.1 Å². The number of benzene rings is 1. The van der Waals surface area contributed by atoms with E-state index in [1.165, 1.54) is 6.20 Å². The summed E-state index contributed by atoms with van der Waals surface area (Å²) in [5, 5.41) is 27.6. The lowest BCUT2D eigenvalue weighted by atomic mass is 10.2. The predicted molar refractivity (Wildman–Crippen MR) is 63.2 cm³/mol. The van der Waals surface area contributed by atoms with Gasteiger partial charge in [0.1, 0.15) is 17.2 Å². The number of nitro groups is 1. The molecule has 1 aromatic carbocycles. The van der Waals surface area contributed by atoms with Gasteiger partial charge in [-0.3, -0.25) is 10.1 Å². The SMILES string of the molecule is CCC(O)c1cn(-c2cc([N+](=O)[O-])ccc2F)nn1. The Balaban J connectivity index is 2.43. The minimum absolute atomic E-state index is 0.0868. The van der Waals surface area contributed by atoms with Crippen LogP contribution < -0.4 is 0 Å². The minimum atomic E-state index is -0.796. The lowest BCUT2D eigenvalue weighted by molar-refractivity contribution is -0.384. The number of rotatable bonds is 4. The molecule has 1 aromatic heterocycles. The summed E-state index contributed by atoms with van der Waals surface area (Å²) in [5.41, 5.74) is -0.0471. The molecule has 1 heterocycles. The van der Waals surface area contributed by atoms with Gasteiger partial charge in [-0.15, -0.1) is 5.10 Å². The van der Waals surface area contributed by atoms with Gasteiger partial charge in [0.15, 0.2) is 0 Å². The normalized spacial score (nSPS) is 12.4. The predicted octanol–water partition coefficient (Wildman–Crippen LogP) is 1.76. The molecule has 7 nitrogen and oxygen atoms in total. The van der Waals surface area contributed by atoms with E-state index in [0.29, 0.717) is 6.42 Å². The fourth-order valence-corrected chi connectivity index (χ4v) is 1.55. The third-order valence-electron chi connectivity index (χ3n) is 2.63. The van der Waals surface area contributed by atoms with Crippen molar-refractivity contribution in [3.05, 3.63) is 46.0 Å². The molecule has 0 saturated carbocycles. The van der Waals surface area contributed by atoms with Gasteiger partial charge in [0.25, 0.3) is 5.69 Å². The molecule has 1 unspecified atom stereocenters. The standard InChI is InChI=1S/C11H11FN4O3/c1-2-11(17)9-6-15(14-13-9)10-5-7(16(18)19)3-4-8(10)12/h3-6,11,17H,2H2,1H3. The average molecular weight is 266 g/mol. The molecule has 0 fully saturated rings. The van der Waals surface area contributed by atoms with Crippen molar-refractivity contribution in [1.82, 2.24) is 15.0 Å². The van der Waals surface area contributed by atoms with E-state index in [-0.39, 0.29) is 17.1 Å². The molecule has 1 atom stereocenters. The van der Waals surface area contributed by atoms with Crippen molar-refractivity contribution in [3.63, 3.8) is 0 Å². The van der Waals surface area contributed by atoms with Crippen LogP contribution in [-0.4, -0.2) is 25.0 Å². The van der Waals surface area contributed by atoms with Crippen molar-refractivity contribution in [2.24, 2.45) is 0 Å². The van der Waals surface area contributed by atoms with Crippen molar-refractivity contribution in [2.45, 2.75) is 19.4 Å². The van der Waals surface area contributed by atoms with E-state index in [1.54, 1.807) is 6.92 Å². The van der Waals surface area contributed by atoms with Crippen LogP contribution in [0.2, 0.25) is 0 Å². The van der Waals surface area contributed by atoms with Crippen molar-refractivity contribution in [1.29, 1.82) is 0 Å². The molecular weight excluding hydrogens is 255 g/mol. The van der Waals surface area contributed by atoms with Crippen molar-refractivity contribution >= 4 is 5.69 Å². The van der Waals surface area contributed by atoms with Gasteiger partial charge in [-0.2, -0.15) is 0 Å². The summed E-state index contributed by atoms with van der Waals surface area (Å²) >= 11 is 0. The van der Waals surface area contributed by atoms with Gasteiger partial charge in [0.05, 0.1) is 17.2 Å². The maximum atomic E-state index is 13.6. The number of aliphatic hydroxyl groups is 1. The largest absolute Gasteiger partial charge is 0.387 e. The average Bonchev–Trinajstić information content (AvgIpc) is 2.87. The molecule has 19 heavy (non-hydrogen) atoms. The summed E-state index contributed by atoms with van der Waals surface area (Å²) in [7, 11) is 0. The van der Waals surface area contributed by atoms with Gasteiger partial charge in [0.2, 0.25) is 0 Å². The molecule has 0 radical (unpaired) electrons. The number of hydrogen-bond donors (Lipinski definition) is 1. The van der Waals surface area contributed by atoms with Gasteiger partial charge in [-0.25, -0.2) is 9.07 Å². The summed E-state index contributed by atoms with van der Waals surface area (Å²) in [5.74, 6) is -0.659. The lowest BCUT2D eigenvalue weighted by Gasteiger charge is -2.02. The summed E-state index contributed by atoms with van der Waals surface area (Å²) < 4.78 is 14.7. The Labute approximate surface area is 107 Å². The van der Waals surface area contributed by atoms with Crippen LogP contribution in [0.5, 0.6) is 0 Å². The van der Waals surface area contributed by atoms with E-state index in [0.717, 1.165) is 22.9 Å². The quantitative estimate of drug-likeness (QED) is 0.672. The molecule has 0 saturated heterocycles. The van der Waals surface area contributed by atoms with E-state index in [1.807, 2.05) is 0 Å². The van der Waals surface area contributed by atoms with Crippen LogP contribution >= 0.6 is 0 Å². The van der Waals surface area contributed by atoms with E-state index in [9.17, 15) is 19.6 Å². The molecule has 8 heteroatoms. The highest BCUT2D eigenvalue weighted by atomic mass is 19.1. The van der Waals surface area contributed by atoms with E-state index >= 15 is 0 Å². The summed E-state index contributed by atoms with van der Waals surface area (Å²) in [6.07, 6.45) is 0.988. The number of aromatic nitrogens is 3. The first-order valence-electron chi connectivity index (χ1n) is 5.57. The summed E-state index contributed by atoms with van der Waals surface area (Å²) in [6, 6.07) is 3.12. The first-order chi connectivity index (χ1) is 9.02. The highest BCUT2D eigenvalue weighted by Gasteiger charge is 2.15. The van der Waals surface area contributed by atoms with Gasteiger partial charge in [0, 0.05) is 12.1 Å². The summed E-state index contributed by atoms with van der Waals surface area (Å²) in [4.78, 5) is 10.0. The van der Waals surface area contributed by atoms with Crippen LogP contribution in [0.3, 0.4) is 0 Å². The zero-order valence-corrected chi connectivity index (χ0v) is 10.0. The molecule has 0 bridgehead atoms. The Kier molecular flexibility index (Phi) is 3.52. The Hall–Kier alpha value is -2.35. The second kappa shape index (κ2) is 5.11. The maximum absolute atomic E-state index is 13.6. The molecule has 2 aromatic rings. The number of halogens is 1. The third-order valence-corrected chi connectivity index (χ3v) is 2.63. The molecule has 100 valence electrons. The Morgan fingerprint density at radius 2 is 2.32 bits per heavy atom. The zero-order valence-electron chi connectivity index (χ0n) is 10.0. The topological polar surface area (TPSA) is 94.1 Å². The van der Waals surface area contributed by atoms with Crippen LogP contribution in [-0.2, 0) is 0 Å². The molecule has 0 spiro atoms. The monoisotopic (exact) mass is 266 g/mol. The third kappa shape index (κ3) is 2.58. The van der Waals surface area contributed by atoms with Gasteiger partial charge < -0.3 is 5.11 Å². The van der Waals surface area contributed by atoms with Crippen LogP contribution in [0.15, 0.2) is 24.4 Å². The molecular formula is C11H11FN4O3. The highest BCUT2D eigenvalue weighted by Crippen LogP contribution is 2.21. The highest BCUT2D eigenvalue weighted by molar-refractivity contribution is 5.43. The number of nitrogens with zero attached hydrogens (tertiary/aromatic N) is 4. The van der Waals surface area contributed by atoms with Crippen LogP contribution in [0.1, 0.15) is 25.1 Å². The van der Waals surface area contributed by atoms with Crippen molar-refractivity contribution in [3.8, 4) is 5.69 Å². The summed E-state index contributed by atoms with van der Waals surface area (Å²) in [6.45, 7) is 1.76. The number of hydrogen-bond acceptors (Lipinski definition) is 5.